The molecule has 0 saturated carbocycles. The van der Waals surface area contributed by atoms with Gasteiger partial charge in [0.1, 0.15) is 0 Å². The summed E-state index contributed by atoms with van der Waals surface area (Å²) in [6.45, 7) is 23.4. The van der Waals surface area contributed by atoms with Crippen molar-refractivity contribution in [3.05, 3.63) is 75.9 Å². The van der Waals surface area contributed by atoms with Gasteiger partial charge >= 0.3 is 212 Å². The predicted octanol–water partition coefficient (Wildman–Crippen LogP) is 2.91. The molecule has 2 unspecified atom stereocenters. The minimum atomic E-state index is 0. The second-order valence-corrected chi connectivity index (χ2v) is 14.4. The Hall–Kier alpha value is -0.617. The standard InChI is InChI=1S/C31H39.2ClH.Zr/c1-19-15-22(30(5,6)7)18-24(19)23-13-14-27(31(8,9)10)28-25-17-21(29(2,3)4)12-11-20(25)16-26(23)28;;;/h11-19H,1-10H3;2*1H;/q;;;+2/p-2. The van der Waals surface area contributed by atoms with Gasteiger partial charge in [0, 0.05) is 0 Å². The molecule has 4 rings (SSSR count). The summed E-state index contributed by atoms with van der Waals surface area (Å²) in [5.74, 6) is 0.464. The first-order valence-electron chi connectivity index (χ1n) is 12.1. The van der Waals surface area contributed by atoms with Gasteiger partial charge < -0.3 is 24.8 Å². The van der Waals surface area contributed by atoms with Crippen LogP contribution in [-0.2, 0) is 35.5 Å². The summed E-state index contributed by atoms with van der Waals surface area (Å²) in [6, 6.07) is 12.2. The molecule has 0 spiro atoms. The molecule has 0 nitrogen and oxygen atoms in total. The van der Waals surface area contributed by atoms with E-state index in [0.29, 0.717) is 9.54 Å². The van der Waals surface area contributed by atoms with Gasteiger partial charge in [-0.3, -0.25) is 0 Å². The second kappa shape index (κ2) is 9.69. The fraction of sp³-hybridized carbons (Fsp3) is 0.484. The summed E-state index contributed by atoms with van der Waals surface area (Å²) in [5.41, 5.74) is 13.9. The van der Waals surface area contributed by atoms with Crippen molar-refractivity contribution in [3.63, 3.8) is 0 Å². The van der Waals surface area contributed by atoms with Crippen molar-refractivity contribution in [2.45, 2.75) is 83.7 Å². The molecule has 0 saturated heterocycles. The van der Waals surface area contributed by atoms with E-state index in [1.807, 2.05) is 0 Å². The number of hydrogen-bond acceptors (Lipinski definition) is 0. The number of halogens is 2. The average molecular weight is 574 g/mol. The Balaban J connectivity index is 0.00000204. The van der Waals surface area contributed by atoms with Crippen molar-refractivity contribution < 1.29 is 49.5 Å². The smallest absolute Gasteiger partial charge is 1.00 e. The molecule has 181 valence electrons. The third-order valence-corrected chi connectivity index (χ3v) is 8.72. The Morgan fingerprint density at radius 2 is 1.35 bits per heavy atom. The summed E-state index contributed by atoms with van der Waals surface area (Å²) >= 11 is 1.58. The zero-order chi connectivity index (χ0) is 23.8. The molecule has 2 aliphatic rings. The van der Waals surface area contributed by atoms with Crippen molar-refractivity contribution >= 4 is 5.57 Å². The van der Waals surface area contributed by atoms with Crippen LogP contribution in [0, 0.1) is 11.3 Å². The molecule has 0 radical (unpaired) electrons. The third-order valence-electron chi connectivity index (χ3n) is 7.25. The normalized spacial score (nSPS) is 19.5. The fourth-order valence-electron chi connectivity index (χ4n) is 5.23. The second-order valence-electron chi connectivity index (χ2n) is 12.9. The molecule has 0 aromatic heterocycles. The summed E-state index contributed by atoms with van der Waals surface area (Å²) in [7, 11) is 0. The monoisotopic (exact) mass is 571 g/mol. The molecule has 2 aromatic rings. The van der Waals surface area contributed by atoms with Crippen molar-refractivity contribution in [1.82, 2.24) is 0 Å². The van der Waals surface area contributed by atoms with Crippen LogP contribution in [0.4, 0.5) is 0 Å². The largest absolute Gasteiger partial charge is 1.00 e. The van der Waals surface area contributed by atoms with Crippen LogP contribution in [0.3, 0.4) is 0 Å². The maximum Gasteiger partial charge on any atom is -1.00 e. The van der Waals surface area contributed by atoms with Crippen LogP contribution >= 0.6 is 0 Å². The maximum absolute atomic E-state index is 2.50. The zero-order valence-electron chi connectivity index (χ0n) is 22.5. The minimum absolute atomic E-state index is 0. The maximum atomic E-state index is 2.50. The molecule has 2 atom stereocenters. The first-order chi connectivity index (χ1) is 14.6. The van der Waals surface area contributed by atoms with E-state index in [9.17, 15) is 0 Å². The number of benzene rings is 2. The molecule has 0 aliphatic heterocycles. The number of hydrogen-bond donors (Lipinski definition) is 0. The van der Waals surface area contributed by atoms with Crippen LogP contribution in [0.2, 0.25) is 0 Å². The van der Waals surface area contributed by atoms with Gasteiger partial charge in [0.15, 0.2) is 0 Å². The zero-order valence-corrected chi connectivity index (χ0v) is 26.4. The predicted molar refractivity (Wildman–Crippen MR) is 136 cm³/mol. The number of rotatable bonds is 1. The Labute approximate surface area is 235 Å². The fourth-order valence-corrected chi connectivity index (χ4v) is 6.58. The molecule has 0 heterocycles. The summed E-state index contributed by atoms with van der Waals surface area (Å²) < 4.78 is 0.505. The molecule has 2 aliphatic carbocycles. The van der Waals surface area contributed by atoms with E-state index >= 15 is 0 Å². The van der Waals surface area contributed by atoms with Gasteiger partial charge in [-0.05, 0) is 0 Å². The number of fused-ring (bicyclic) bond motifs is 3. The van der Waals surface area contributed by atoms with Gasteiger partial charge in [0.25, 0.3) is 0 Å². The van der Waals surface area contributed by atoms with E-state index in [1.165, 1.54) is 44.5 Å². The van der Waals surface area contributed by atoms with Crippen molar-refractivity contribution in [2.75, 3.05) is 0 Å². The first-order valence-corrected chi connectivity index (χ1v) is 13.5. The third kappa shape index (κ3) is 5.10. The van der Waals surface area contributed by atoms with Crippen LogP contribution < -0.4 is 24.8 Å². The molecular weight excluding hydrogens is 534 g/mol. The Morgan fingerprint density at radius 1 is 0.735 bits per heavy atom. The van der Waals surface area contributed by atoms with Crippen molar-refractivity contribution in [1.29, 1.82) is 0 Å². The van der Waals surface area contributed by atoms with E-state index in [1.54, 1.807) is 30.3 Å². The van der Waals surface area contributed by atoms with Crippen LogP contribution in [0.5, 0.6) is 0 Å². The molecule has 0 bridgehead atoms. The molecule has 0 fully saturated rings. The molecule has 0 N–H and O–H groups in total. The van der Waals surface area contributed by atoms with Gasteiger partial charge in [-0.15, -0.1) is 0 Å². The van der Waals surface area contributed by atoms with Gasteiger partial charge in [-0.1, -0.05) is 0 Å². The first kappa shape index (κ1) is 29.6. The van der Waals surface area contributed by atoms with Gasteiger partial charge in [-0.2, -0.15) is 0 Å². The van der Waals surface area contributed by atoms with E-state index in [2.05, 4.69) is 112 Å². The average Bonchev–Trinajstić information content (AvgIpc) is 3.18. The summed E-state index contributed by atoms with van der Waals surface area (Å²) in [6.07, 6.45) is 4.97. The molecule has 2 aromatic carbocycles. The summed E-state index contributed by atoms with van der Waals surface area (Å²) in [4.78, 5) is 0. The van der Waals surface area contributed by atoms with Crippen molar-refractivity contribution in [2.24, 2.45) is 11.3 Å². The van der Waals surface area contributed by atoms with Crippen LogP contribution in [-0.4, -0.2) is 0 Å². The van der Waals surface area contributed by atoms with E-state index in [0.717, 1.165) is 0 Å². The van der Waals surface area contributed by atoms with Gasteiger partial charge in [0.05, 0.1) is 0 Å². The van der Waals surface area contributed by atoms with E-state index < -0.39 is 0 Å². The van der Waals surface area contributed by atoms with E-state index in [4.69, 9.17) is 0 Å². The molecule has 0 amide bonds. The van der Waals surface area contributed by atoms with Crippen LogP contribution in [0.1, 0.15) is 101 Å². The topological polar surface area (TPSA) is 0 Å². The Kier molecular flexibility index (Phi) is 8.44. The molecule has 3 heteroatoms. The number of allylic oxidation sites excluding steroid dienone is 4. The van der Waals surface area contributed by atoms with Crippen LogP contribution in [0.15, 0.2) is 48.1 Å². The van der Waals surface area contributed by atoms with Gasteiger partial charge in [-0.25, -0.2) is 0 Å². The quantitative estimate of drug-likeness (QED) is 0.493. The minimum Gasteiger partial charge on any atom is -1.00 e. The van der Waals surface area contributed by atoms with Crippen LogP contribution in [0.25, 0.3) is 16.7 Å². The van der Waals surface area contributed by atoms with Gasteiger partial charge in [0.2, 0.25) is 0 Å². The Bertz CT molecular complexity index is 1150. The molecule has 34 heavy (non-hydrogen) atoms. The molecular formula is C31H39Cl2Zr. The van der Waals surface area contributed by atoms with Crippen molar-refractivity contribution in [3.8, 4) is 11.1 Å². The SMILES string of the molecule is CC1C=C(C(C)(C)C)C=C1c1ccc(C(C)(C)C)c2c1[CH]([Zr+2])c1ccc(C(C)(C)C)cc1-2.[Cl-].[Cl-]. The summed E-state index contributed by atoms with van der Waals surface area (Å²) in [5, 5.41) is 0. The van der Waals surface area contributed by atoms with E-state index in [-0.39, 0.29) is 41.1 Å². The Morgan fingerprint density at radius 3 is 1.85 bits per heavy atom.